The number of piperazine rings is 1. The molecule has 1 fully saturated rings. The lowest BCUT2D eigenvalue weighted by molar-refractivity contribution is -0.127. The molecule has 0 radical (unpaired) electrons. The number of anilines is 1. The second-order valence-electron chi connectivity index (χ2n) is 7.64. The van der Waals surface area contributed by atoms with Gasteiger partial charge in [0.15, 0.2) is 11.6 Å². The van der Waals surface area contributed by atoms with Gasteiger partial charge >= 0.3 is 0 Å². The van der Waals surface area contributed by atoms with Gasteiger partial charge in [-0.15, -0.1) is 0 Å². The van der Waals surface area contributed by atoms with Crippen LogP contribution in [0.3, 0.4) is 0 Å². The summed E-state index contributed by atoms with van der Waals surface area (Å²) >= 11 is 0. The number of carbonyl (C=O) groups is 2. The van der Waals surface area contributed by atoms with E-state index in [1.807, 2.05) is 41.4 Å². The summed E-state index contributed by atoms with van der Waals surface area (Å²) in [7, 11) is 0. The molecule has 0 saturated carbocycles. The molecule has 0 atom stereocenters. The van der Waals surface area contributed by atoms with E-state index < -0.39 is 17.5 Å². The maximum Gasteiger partial charge on any atom is 0.295 e. The highest BCUT2D eigenvalue weighted by Crippen LogP contribution is 2.28. The SMILES string of the molecule is N#CN=C(c1ccccc1)N1CCN(C(=O)C(=O)c2c[nH]c3c(N(N)/C=C\N)ncc(F)c23)CC1. The summed E-state index contributed by atoms with van der Waals surface area (Å²) < 4.78 is 14.6. The number of rotatable bonds is 5. The molecule has 3 aromatic rings. The molecule has 1 aliphatic heterocycles. The topological polar surface area (TPSA) is 161 Å². The van der Waals surface area contributed by atoms with Crippen LogP contribution in [0.2, 0.25) is 0 Å². The number of Topliss-reactive ketones (excluding diaryl/α,β-unsaturated/α-hetero) is 1. The average Bonchev–Trinajstić information content (AvgIpc) is 3.33. The Morgan fingerprint density at radius 1 is 1.20 bits per heavy atom. The summed E-state index contributed by atoms with van der Waals surface area (Å²) in [6.07, 6.45) is 6.50. The molecule has 0 aliphatic carbocycles. The van der Waals surface area contributed by atoms with E-state index in [9.17, 15) is 14.0 Å². The summed E-state index contributed by atoms with van der Waals surface area (Å²) in [6, 6.07) is 9.24. The standard InChI is InChI=1S/C23H22FN9O2/c24-17-13-29-22(33(27)7-6-25)19-18(17)16(12-28-19)20(34)23(35)32-10-8-31(9-11-32)21(30-14-26)15-4-2-1-3-5-15/h1-7,12-13,28H,8-11,25,27H2/b7-6-,30-21?. The van der Waals surface area contributed by atoms with Gasteiger partial charge in [-0.2, -0.15) is 10.3 Å². The Hall–Kier alpha value is -4.76. The van der Waals surface area contributed by atoms with E-state index in [0.717, 1.165) is 16.8 Å². The fourth-order valence-corrected chi connectivity index (χ4v) is 3.97. The molecular formula is C23H22FN9O2. The highest BCUT2D eigenvalue weighted by molar-refractivity contribution is 6.45. The number of nitrogens with two attached hydrogens (primary N) is 2. The average molecular weight is 475 g/mol. The number of pyridine rings is 1. The number of carbonyl (C=O) groups excluding carboxylic acids is 2. The fourth-order valence-electron chi connectivity index (χ4n) is 3.97. The molecule has 12 heteroatoms. The van der Waals surface area contributed by atoms with Crippen LogP contribution in [0.4, 0.5) is 10.2 Å². The second-order valence-corrected chi connectivity index (χ2v) is 7.64. The number of aromatic nitrogens is 2. The zero-order valence-corrected chi connectivity index (χ0v) is 18.6. The minimum Gasteiger partial charge on any atom is -0.403 e. The predicted molar refractivity (Wildman–Crippen MR) is 127 cm³/mol. The third kappa shape index (κ3) is 4.53. The second kappa shape index (κ2) is 10.0. The summed E-state index contributed by atoms with van der Waals surface area (Å²) in [6.45, 7) is 1.21. The number of amides is 1. The fraction of sp³-hybridized carbons (Fsp3) is 0.174. The van der Waals surface area contributed by atoms with Gasteiger partial charge in [0.2, 0.25) is 6.19 Å². The lowest BCUT2D eigenvalue weighted by Gasteiger charge is -2.35. The number of hydrogen-bond donors (Lipinski definition) is 3. The van der Waals surface area contributed by atoms with Crippen LogP contribution >= 0.6 is 0 Å². The van der Waals surface area contributed by atoms with Gasteiger partial charge in [-0.3, -0.25) is 14.6 Å². The Labute approximate surface area is 199 Å². The molecule has 1 saturated heterocycles. The first-order valence-corrected chi connectivity index (χ1v) is 10.6. The van der Waals surface area contributed by atoms with Crippen molar-refractivity contribution in [1.29, 1.82) is 5.26 Å². The van der Waals surface area contributed by atoms with Gasteiger partial charge in [0.1, 0.15) is 5.84 Å². The third-order valence-corrected chi connectivity index (χ3v) is 5.63. The summed E-state index contributed by atoms with van der Waals surface area (Å²) in [5.41, 5.74) is 6.17. The van der Waals surface area contributed by atoms with Crippen molar-refractivity contribution in [2.24, 2.45) is 16.6 Å². The number of aromatic amines is 1. The van der Waals surface area contributed by atoms with Crippen LogP contribution < -0.4 is 16.6 Å². The molecule has 0 spiro atoms. The van der Waals surface area contributed by atoms with Gasteiger partial charge in [0.25, 0.3) is 11.7 Å². The number of hydrogen-bond acceptors (Lipinski definition) is 8. The Bertz CT molecular complexity index is 1350. The Balaban J connectivity index is 1.53. The lowest BCUT2D eigenvalue weighted by Crippen LogP contribution is -2.52. The van der Waals surface area contributed by atoms with Crippen LogP contribution in [-0.2, 0) is 4.79 Å². The number of hydrazine groups is 1. The number of nitrogens with one attached hydrogen (secondary N) is 1. The maximum absolute atomic E-state index is 14.6. The number of H-pyrrole nitrogens is 1. The zero-order chi connectivity index (χ0) is 24.9. The van der Waals surface area contributed by atoms with Crippen molar-refractivity contribution in [2.45, 2.75) is 0 Å². The molecule has 0 bridgehead atoms. The monoisotopic (exact) mass is 475 g/mol. The van der Waals surface area contributed by atoms with Crippen molar-refractivity contribution in [3.63, 3.8) is 0 Å². The first-order valence-electron chi connectivity index (χ1n) is 10.6. The van der Waals surface area contributed by atoms with Crippen molar-refractivity contribution in [1.82, 2.24) is 19.8 Å². The van der Waals surface area contributed by atoms with E-state index in [2.05, 4.69) is 15.0 Å². The quantitative estimate of drug-likeness (QED) is 0.0939. The minimum atomic E-state index is -0.854. The van der Waals surface area contributed by atoms with E-state index in [0.29, 0.717) is 18.9 Å². The van der Waals surface area contributed by atoms with Gasteiger partial charge < -0.3 is 20.5 Å². The van der Waals surface area contributed by atoms with E-state index >= 15 is 0 Å². The normalized spacial score (nSPS) is 14.4. The molecule has 5 N–H and O–H groups in total. The van der Waals surface area contributed by atoms with E-state index in [4.69, 9.17) is 16.8 Å². The number of aliphatic imine (C=N–C) groups is 1. The molecule has 35 heavy (non-hydrogen) atoms. The van der Waals surface area contributed by atoms with Crippen LogP contribution in [-0.4, -0.2) is 63.5 Å². The molecule has 3 heterocycles. The van der Waals surface area contributed by atoms with Gasteiger partial charge in [-0.25, -0.2) is 15.2 Å². The molecule has 178 valence electrons. The molecule has 11 nitrogen and oxygen atoms in total. The van der Waals surface area contributed by atoms with Crippen LogP contribution in [0.1, 0.15) is 15.9 Å². The number of amidine groups is 1. The molecule has 1 aromatic carbocycles. The lowest BCUT2D eigenvalue weighted by atomic mass is 10.1. The Morgan fingerprint density at radius 3 is 2.54 bits per heavy atom. The largest absolute Gasteiger partial charge is 0.403 e. The highest BCUT2D eigenvalue weighted by atomic mass is 19.1. The first kappa shape index (κ1) is 23.4. The smallest absolute Gasteiger partial charge is 0.295 e. The van der Waals surface area contributed by atoms with Gasteiger partial charge in [-0.05, 0) is 0 Å². The number of nitriles is 1. The van der Waals surface area contributed by atoms with Crippen molar-refractivity contribution in [2.75, 3.05) is 31.2 Å². The number of ketones is 1. The van der Waals surface area contributed by atoms with Crippen LogP contribution in [0.5, 0.6) is 0 Å². The van der Waals surface area contributed by atoms with Crippen molar-refractivity contribution in [3.8, 4) is 6.19 Å². The molecule has 1 aliphatic rings. The van der Waals surface area contributed by atoms with Crippen LogP contribution in [0.15, 0.2) is 60.1 Å². The highest BCUT2D eigenvalue weighted by Gasteiger charge is 2.31. The third-order valence-electron chi connectivity index (χ3n) is 5.63. The predicted octanol–water partition coefficient (Wildman–Crippen LogP) is 1.07. The van der Waals surface area contributed by atoms with E-state index in [1.54, 1.807) is 0 Å². The number of benzene rings is 1. The molecule has 0 unspecified atom stereocenters. The minimum absolute atomic E-state index is 0.0830. The van der Waals surface area contributed by atoms with Crippen LogP contribution in [0.25, 0.3) is 10.9 Å². The zero-order valence-electron chi connectivity index (χ0n) is 18.6. The summed E-state index contributed by atoms with van der Waals surface area (Å²) in [4.78, 5) is 40.0. The van der Waals surface area contributed by atoms with Crippen molar-refractivity contribution >= 4 is 34.2 Å². The number of nitrogens with zero attached hydrogens (tertiary/aromatic N) is 6. The summed E-state index contributed by atoms with van der Waals surface area (Å²) in [5.74, 6) is 4.11. The Kier molecular flexibility index (Phi) is 6.70. The molecule has 1 amide bonds. The van der Waals surface area contributed by atoms with Crippen molar-refractivity contribution < 1.29 is 14.0 Å². The Morgan fingerprint density at radius 2 is 1.89 bits per heavy atom. The van der Waals surface area contributed by atoms with Gasteiger partial charge in [0, 0.05) is 50.3 Å². The van der Waals surface area contributed by atoms with Gasteiger partial charge in [0.05, 0.1) is 22.7 Å². The number of fused-ring (bicyclic) bond motifs is 1. The molecule has 4 rings (SSSR count). The maximum atomic E-state index is 14.6. The van der Waals surface area contributed by atoms with Gasteiger partial charge in [-0.1, -0.05) is 30.3 Å². The van der Waals surface area contributed by atoms with Crippen molar-refractivity contribution in [3.05, 3.63) is 72.1 Å². The molecular weight excluding hydrogens is 453 g/mol. The molecule has 2 aromatic heterocycles. The van der Waals surface area contributed by atoms with E-state index in [-0.39, 0.29) is 35.4 Å². The van der Waals surface area contributed by atoms with E-state index in [1.165, 1.54) is 23.5 Å². The van der Waals surface area contributed by atoms with Crippen LogP contribution in [0, 0.1) is 17.3 Å². The first-order chi connectivity index (χ1) is 17.0. The number of halogens is 1. The summed E-state index contributed by atoms with van der Waals surface area (Å²) in [5, 5.41) is 10.1.